The number of hydrogen-bond acceptors (Lipinski definition) is 10. The van der Waals surface area contributed by atoms with Crippen LogP contribution in [0.4, 0.5) is 0 Å². The molecule has 3 atom stereocenters. The van der Waals surface area contributed by atoms with E-state index in [9.17, 15) is 28.9 Å². The van der Waals surface area contributed by atoms with Crippen molar-refractivity contribution in [1.29, 1.82) is 0 Å². The summed E-state index contributed by atoms with van der Waals surface area (Å²) in [4.78, 5) is 48.7. The number of allylic oxidation sites excluding steroid dienone is 10. The van der Waals surface area contributed by atoms with E-state index in [4.69, 9.17) is 23.3 Å². The van der Waals surface area contributed by atoms with Crippen molar-refractivity contribution in [3.63, 3.8) is 0 Å². The summed E-state index contributed by atoms with van der Waals surface area (Å²) in [5.74, 6) is -1.47. The number of aliphatic hydroxyl groups is 1. The number of phosphoric acid groups is 1. The molecule has 0 saturated heterocycles. The molecule has 0 saturated carbocycles. The highest BCUT2D eigenvalue weighted by atomic mass is 31.2. The van der Waals surface area contributed by atoms with Gasteiger partial charge in [0.1, 0.15) is 12.7 Å². The van der Waals surface area contributed by atoms with Crippen molar-refractivity contribution in [1.82, 2.24) is 0 Å². The number of phosphoric ester groups is 1. The molecule has 0 aliphatic rings. The number of esters is 3. The number of aliphatic hydroxyl groups excluding tert-OH is 1. The molecule has 0 aliphatic carbocycles. The van der Waals surface area contributed by atoms with Gasteiger partial charge in [0.25, 0.3) is 0 Å². The Labute approximate surface area is 465 Å². The number of unbranched alkanes of at least 4 members (excludes halogenated alkanes) is 31. The Kier molecular flexibility index (Phi) is 56.2. The molecule has 76 heavy (non-hydrogen) atoms. The van der Waals surface area contributed by atoms with Crippen LogP contribution in [0.1, 0.15) is 290 Å². The minimum absolute atomic E-state index is 0.163. The summed E-state index contributed by atoms with van der Waals surface area (Å²) >= 11 is 0. The van der Waals surface area contributed by atoms with Gasteiger partial charge in [-0.3, -0.25) is 23.4 Å². The van der Waals surface area contributed by atoms with Gasteiger partial charge in [-0.05, 0) is 103 Å². The predicted octanol–water partition coefficient (Wildman–Crippen LogP) is 18.7. The maximum atomic E-state index is 12.9. The summed E-state index contributed by atoms with van der Waals surface area (Å²) < 4.78 is 39.6. The minimum Gasteiger partial charge on any atom is -0.462 e. The van der Waals surface area contributed by atoms with Crippen LogP contribution in [0.3, 0.4) is 0 Å². The molecule has 0 spiro atoms. The molecule has 12 heteroatoms. The van der Waals surface area contributed by atoms with Gasteiger partial charge in [0.2, 0.25) is 0 Å². The zero-order chi connectivity index (χ0) is 55.5. The molecule has 0 radical (unpaired) electrons. The first-order chi connectivity index (χ1) is 37.2. The van der Waals surface area contributed by atoms with Crippen molar-refractivity contribution in [3.05, 3.63) is 60.8 Å². The van der Waals surface area contributed by atoms with Crippen LogP contribution in [0.5, 0.6) is 0 Å². The van der Waals surface area contributed by atoms with Crippen molar-refractivity contribution in [2.75, 3.05) is 26.4 Å². The van der Waals surface area contributed by atoms with Crippen molar-refractivity contribution in [3.8, 4) is 0 Å². The average molecular weight is 1090 g/mol. The van der Waals surface area contributed by atoms with Crippen molar-refractivity contribution in [2.24, 2.45) is 0 Å². The predicted molar refractivity (Wildman–Crippen MR) is 316 cm³/mol. The Bertz CT molecular complexity index is 1510. The number of carbonyl (C=O) groups excluding carboxylic acids is 3. The van der Waals surface area contributed by atoms with E-state index in [1.54, 1.807) is 0 Å². The summed E-state index contributed by atoms with van der Waals surface area (Å²) in [6.07, 6.45) is 64.6. The fourth-order valence-electron chi connectivity index (χ4n) is 8.66. The number of rotatable bonds is 58. The van der Waals surface area contributed by atoms with E-state index in [-0.39, 0.29) is 25.9 Å². The molecule has 0 aromatic heterocycles. The van der Waals surface area contributed by atoms with Crippen LogP contribution in [0, 0.1) is 0 Å². The Balaban J connectivity index is 4.72. The standard InChI is InChI=1S/C64H115O11P/c1-4-7-10-13-16-19-22-25-27-29-30-32-34-37-40-43-46-49-52-55-64(68)75-61(57-71-62(66)53-50-47-44-41-38-36-33-31-28-26-23-20-17-14-11-8-5-2)59-73-76(69,70)72-58-60(56-65)74-63(67)54-51-48-45-42-39-35-24-21-18-15-12-9-6-3/h8,11,17,20-21,24-28,60-61,65H,4-7,9-10,12-16,18-19,22-23,29-59H2,1-3H3,(H,69,70)/b11-8-,20-17-,24-21-,27-25-,28-26-. The Morgan fingerprint density at radius 2 is 0.684 bits per heavy atom. The highest BCUT2D eigenvalue weighted by molar-refractivity contribution is 7.47. The lowest BCUT2D eigenvalue weighted by Crippen LogP contribution is -2.30. The quantitative estimate of drug-likeness (QED) is 0.0197. The first-order valence-corrected chi connectivity index (χ1v) is 32.7. The van der Waals surface area contributed by atoms with Gasteiger partial charge in [-0.1, -0.05) is 229 Å². The van der Waals surface area contributed by atoms with Gasteiger partial charge in [0, 0.05) is 19.3 Å². The summed E-state index contributed by atoms with van der Waals surface area (Å²) in [6.45, 7) is 4.53. The molecule has 442 valence electrons. The molecule has 0 fully saturated rings. The molecule has 0 heterocycles. The zero-order valence-corrected chi connectivity index (χ0v) is 49.9. The van der Waals surface area contributed by atoms with Crippen LogP contribution < -0.4 is 0 Å². The van der Waals surface area contributed by atoms with Gasteiger partial charge in [-0.15, -0.1) is 0 Å². The van der Waals surface area contributed by atoms with Gasteiger partial charge < -0.3 is 24.2 Å². The SMILES string of the molecule is CC/C=C\C/C=C\C/C=C\CCCCCCCCCC(=O)OCC(COP(=O)(O)OCC(CO)OC(=O)CCCCCCC/C=C\CCCCCC)OC(=O)CCCCCCCCCCC/C=C\CCCCCCCC. The smallest absolute Gasteiger partial charge is 0.462 e. The second-order valence-electron chi connectivity index (χ2n) is 20.8. The lowest BCUT2D eigenvalue weighted by atomic mass is 10.1. The largest absolute Gasteiger partial charge is 0.472 e. The van der Waals surface area contributed by atoms with Crippen LogP contribution in [0.25, 0.3) is 0 Å². The van der Waals surface area contributed by atoms with Crippen molar-refractivity contribution in [2.45, 2.75) is 303 Å². The zero-order valence-electron chi connectivity index (χ0n) is 49.0. The maximum Gasteiger partial charge on any atom is 0.472 e. The third-order valence-corrected chi connectivity index (χ3v) is 14.3. The van der Waals surface area contributed by atoms with Gasteiger partial charge in [-0.25, -0.2) is 4.57 Å². The molecule has 0 aliphatic heterocycles. The molecule has 2 N–H and O–H groups in total. The molecule has 11 nitrogen and oxygen atoms in total. The van der Waals surface area contributed by atoms with Gasteiger partial charge >= 0.3 is 25.7 Å². The molecule has 0 aromatic rings. The minimum atomic E-state index is -4.75. The van der Waals surface area contributed by atoms with Gasteiger partial charge in [0.05, 0.1) is 19.8 Å². The number of ether oxygens (including phenoxy) is 3. The van der Waals surface area contributed by atoms with E-state index < -0.39 is 57.8 Å². The molecule has 3 unspecified atom stereocenters. The Morgan fingerprint density at radius 3 is 1.08 bits per heavy atom. The van der Waals surface area contributed by atoms with Crippen LogP contribution in [-0.4, -0.2) is 66.5 Å². The summed E-state index contributed by atoms with van der Waals surface area (Å²) in [7, 11) is -4.75. The number of carbonyl (C=O) groups is 3. The van der Waals surface area contributed by atoms with Crippen molar-refractivity contribution < 1.29 is 52.2 Å². The van der Waals surface area contributed by atoms with Crippen LogP contribution in [-0.2, 0) is 42.2 Å². The second kappa shape index (κ2) is 58.3. The summed E-state index contributed by atoms with van der Waals surface area (Å²) in [5, 5.41) is 9.82. The first-order valence-electron chi connectivity index (χ1n) is 31.2. The highest BCUT2D eigenvalue weighted by Gasteiger charge is 2.28. The van der Waals surface area contributed by atoms with Crippen LogP contribution >= 0.6 is 7.82 Å². The van der Waals surface area contributed by atoms with Crippen molar-refractivity contribution >= 4 is 25.7 Å². The molecular weight excluding hydrogens is 976 g/mol. The molecule has 0 bridgehead atoms. The fourth-order valence-corrected chi connectivity index (χ4v) is 9.44. The fraction of sp³-hybridized carbons (Fsp3) is 0.797. The van der Waals surface area contributed by atoms with Gasteiger partial charge in [0.15, 0.2) is 6.10 Å². The highest BCUT2D eigenvalue weighted by Crippen LogP contribution is 2.43. The Hall–Kier alpha value is -2.82. The Morgan fingerprint density at radius 1 is 0.382 bits per heavy atom. The second-order valence-corrected chi connectivity index (χ2v) is 22.3. The lowest BCUT2D eigenvalue weighted by molar-refractivity contribution is -0.161. The van der Waals surface area contributed by atoms with E-state index in [0.29, 0.717) is 19.3 Å². The summed E-state index contributed by atoms with van der Waals surface area (Å²) in [6, 6.07) is 0. The normalized spacial score (nSPS) is 13.7. The monoisotopic (exact) mass is 1090 g/mol. The maximum absolute atomic E-state index is 12.9. The van der Waals surface area contributed by atoms with Crippen LogP contribution in [0.2, 0.25) is 0 Å². The van der Waals surface area contributed by atoms with E-state index in [0.717, 1.165) is 109 Å². The number of hydrogen-bond donors (Lipinski definition) is 2. The third-order valence-electron chi connectivity index (χ3n) is 13.4. The average Bonchev–Trinajstić information content (AvgIpc) is 3.41. The molecule has 0 amide bonds. The summed E-state index contributed by atoms with van der Waals surface area (Å²) in [5.41, 5.74) is 0. The van der Waals surface area contributed by atoms with Gasteiger partial charge in [-0.2, -0.15) is 0 Å². The van der Waals surface area contributed by atoms with E-state index in [2.05, 4.69) is 81.5 Å². The lowest BCUT2D eigenvalue weighted by Gasteiger charge is -2.21. The molecule has 0 aromatic carbocycles. The topological polar surface area (TPSA) is 155 Å². The van der Waals surface area contributed by atoms with Crippen LogP contribution in [0.15, 0.2) is 60.8 Å². The molecule has 0 rings (SSSR count). The van der Waals surface area contributed by atoms with E-state index in [1.807, 2.05) is 0 Å². The van der Waals surface area contributed by atoms with E-state index >= 15 is 0 Å². The first kappa shape index (κ1) is 73.2. The molecular formula is C64H115O11P. The third kappa shape index (κ3) is 55.9. The van der Waals surface area contributed by atoms with E-state index in [1.165, 1.54) is 122 Å².